The third kappa shape index (κ3) is 2.34. The van der Waals surface area contributed by atoms with E-state index in [-0.39, 0.29) is 11.1 Å². The van der Waals surface area contributed by atoms with Crippen LogP contribution in [0, 0.1) is 0 Å². The van der Waals surface area contributed by atoms with Crippen molar-refractivity contribution >= 4 is 17.5 Å². The first-order valence-corrected chi connectivity index (χ1v) is 5.16. The molecular formula is C11H9ClN3O2+. The fraction of sp³-hybridized carbons (Fsp3) is 0. The summed E-state index contributed by atoms with van der Waals surface area (Å²) >= 11 is 5.70. The molecule has 0 saturated carbocycles. The zero-order valence-corrected chi connectivity index (χ0v) is 9.44. The Morgan fingerprint density at radius 3 is 2.65 bits per heavy atom. The Bertz CT molecular complexity index is 619. The first-order chi connectivity index (χ1) is 8.08. The van der Waals surface area contributed by atoms with Crippen LogP contribution in [0.3, 0.4) is 0 Å². The Morgan fingerprint density at radius 2 is 2.06 bits per heavy atom. The monoisotopic (exact) mass is 250 g/mol. The van der Waals surface area contributed by atoms with Crippen molar-refractivity contribution in [1.29, 1.82) is 0 Å². The molecule has 0 aliphatic rings. The molecule has 0 atom stereocenters. The van der Waals surface area contributed by atoms with Gasteiger partial charge in [0.05, 0.1) is 5.56 Å². The van der Waals surface area contributed by atoms with Crippen LogP contribution in [0.2, 0.25) is 5.15 Å². The molecule has 0 fully saturated rings. The maximum atomic E-state index is 11.6. The third-order valence-corrected chi connectivity index (χ3v) is 2.47. The van der Waals surface area contributed by atoms with Gasteiger partial charge in [0.15, 0.2) is 6.20 Å². The Balaban J connectivity index is 2.58. The summed E-state index contributed by atoms with van der Waals surface area (Å²) in [4.78, 5) is 25.4. The van der Waals surface area contributed by atoms with Gasteiger partial charge in [-0.25, -0.2) is 0 Å². The molecule has 2 aromatic rings. The predicted molar refractivity (Wildman–Crippen MR) is 62.1 cm³/mol. The van der Waals surface area contributed by atoms with Crippen molar-refractivity contribution in [2.24, 2.45) is 5.73 Å². The first kappa shape index (κ1) is 11.3. The number of carbonyl (C=O) groups is 1. The summed E-state index contributed by atoms with van der Waals surface area (Å²) in [6.07, 6.45) is 2.95. The average molecular weight is 251 g/mol. The fourth-order valence-corrected chi connectivity index (χ4v) is 1.50. The molecule has 86 valence electrons. The number of H-pyrrole nitrogens is 1. The van der Waals surface area contributed by atoms with Gasteiger partial charge in [0.25, 0.3) is 10.7 Å². The number of aromatic amines is 1. The summed E-state index contributed by atoms with van der Waals surface area (Å²) in [6.45, 7) is 0. The molecule has 0 aliphatic carbocycles. The van der Waals surface area contributed by atoms with Gasteiger partial charge in [-0.15, -0.1) is 0 Å². The van der Waals surface area contributed by atoms with Gasteiger partial charge in [-0.3, -0.25) is 14.2 Å². The molecule has 0 saturated heterocycles. The number of hydrogen-bond donors (Lipinski definition) is 1. The van der Waals surface area contributed by atoms with Crippen LogP contribution in [0.5, 0.6) is 0 Å². The van der Waals surface area contributed by atoms with Crippen LogP contribution in [0.15, 0.2) is 41.5 Å². The molecule has 0 spiro atoms. The minimum Gasteiger partial charge on any atom is -0.366 e. The Labute approximate surface area is 101 Å². The van der Waals surface area contributed by atoms with Crippen molar-refractivity contribution in [1.82, 2.24) is 4.57 Å². The van der Waals surface area contributed by atoms with Crippen LogP contribution in [0.1, 0.15) is 10.4 Å². The molecule has 0 radical (unpaired) electrons. The smallest absolute Gasteiger partial charge is 0.273 e. The van der Waals surface area contributed by atoms with Gasteiger partial charge in [-0.2, -0.15) is 4.98 Å². The van der Waals surface area contributed by atoms with E-state index in [1.807, 2.05) is 0 Å². The predicted octanol–water partition coefficient (Wildman–Crippen LogP) is 0.404. The topological polar surface area (TPSA) is 79.2 Å². The average Bonchev–Trinajstić information content (AvgIpc) is 2.31. The van der Waals surface area contributed by atoms with Gasteiger partial charge in [-0.1, -0.05) is 0 Å². The molecule has 6 heteroatoms. The van der Waals surface area contributed by atoms with Gasteiger partial charge in [-0.05, 0) is 23.7 Å². The lowest BCUT2D eigenvalue weighted by atomic mass is 10.2. The SMILES string of the molecule is NC(=O)c1ccc(=O)n(-c2ccc(Cl)[nH+]c2)c1. The maximum absolute atomic E-state index is 11.6. The van der Waals surface area contributed by atoms with Crippen LogP contribution in [0.25, 0.3) is 5.69 Å². The van der Waals surface area contributed by atoms with E-state index < -0.39 is 5.91 Å². The minimum absolute atomic E-state index is 0.259. The largest absolute Gasteiger partial charge is 0.366 e. The van der Waals surface area contributed by atoms with Crippen molar-refractivity contribution in [3.63, 3.8) is 0 Å². The van der Waals surface area contributed by atoms with E-state index >= 15 is 0 Å². The molecule has 0 aliphatic heterocycles. The summed E-state index contributed by atoms with van der Waals surface area (Å²) < 4.78 is 1.31. The number of primary amides is 1. The number of amides is 1. The zero-order valence-electron chi connectivity index (χ0n) is 8.68. The van der Waals surface area contributed by atoms with Crippen LogP contribution in [0.4, 0.5) is 0 Å². The lowest BCUT2D eigenvalue weighted by Crippen LogP contribution is -2.22. The minimum atomic E-state index is -0.586. The van der Waals surface area contributed by atoms with Crippen molar-refractivity contribution in [2.75, 3.05) is 0 Å². The second-order valence-electron chi connectivity index (χ2n) is 3.39. The summed E-state index contributed by atoms with van der Waals surface area (Å²) in [5.41, 5.74) is 5.73. The maximum Gasteiger partial charge on any atom is 0.273 e. The van der Waals surface area contributed by atoms with Gasteiger partial charge in [0.1, 0.15) is 5.69 Å². The lowest BCUT2D eigenvalue weighted by Gasteiger charge is -2.04. The molecule has 3 N–H and O–H groups in total. The normalized spacial score (nSPS) is 10.2. The highest BCUT2D eigenvalue weighted by atomic mass is 35.5. The summed E-state index contributed by atoms with van der Waals surface area (Å²) in [7, 11) is 0. The van der Waals surface area contributed by atoms with Gasteiger partial charge in [0, 0.05) is 18.3 Å². The summed E-state index contributed by atoms with van der Waals surface area (Å²) in [5.74, 6) is -0.586. The Morgan fingerprint density at radius 1 is 1.29 bits per heavy atom. The van der Waals surface area contributed by atoms with Crippen LogP contribution < -0.4 is 16.3 Å². The number of pyridine rings is 2. The Hall–Kier alpha value is -2.14. The van der Waals surface area contributed by atoms with E-state index in [0.717, 1.165) is 0 Å². The van der Waals surface area contributed by atoms with E-state index in [1.54, 1.807) is 18.3 Å². The number of halogens is 1. The van der Waals surface area contributed by atoms with Crippen LogP contribution in [-0.4, -0.2) is 10.5 Å². The first-order valence-electron chi connectivity index (χ1n) is 4.78. The van der Waals surface area contributed by atoms with Crippen LogP contribution in [-0.2, 0) is 0 Å². The molecule has 2 rings (SSSR count). The van der Waals surface area contributed by atoms with Crippen molar-refractivity contribution < 1.29 is 9.78 Å². The molecule has 0 bridgehead atoms. The van der Waals surface area contributed by atoms with Gasteiger partial charge < -0.3 is 5.73 Å². The molecular weight excluding hydrogens is 242 g/mol. The highest BCUT2D eigenvalue weighted by molar-refractivity contribution is 6.28. The zero-order chi connectivity index (χ0) is 12.4. The Kier molecular flexibility index (Phi) is 2.93. The number of rotatable bonds is 2. The molecule has 17 heavy (non-hydrogen) atoms. The van der Waals surface area contributed by atoms with Gasteiger partial charge in [0.2, 0.25) is 5.91 Å². The number of nitrogens with zero attached hydrogens (tertiary/aromatic N) is 1. The quantitative estimate of drug-likeness (QED) is 0.783. The van der Waals surface area contributed by atoms with Crippen molar-refractivity contribution in [3.8, 4) is 5.69 Å². The highest BCUT2D eigenvalue weighted by Gasteiger charge is 2.07. The highest BCUT2D eigenvalue weighted by Crippen LogP contribution is 2.06. The van der Waals surface area contributed by atoms with Gasteiger partial charge >= 0.3 is 0 Å². The number of nitrogens with one attached hydrogen (secondary N) is 1. The van der Waals surface area contributed by atoms with Crippen molar-refractivity contribution in [2.45, 2.75) is 0 Å². The molecule has 0 unspecified atom stereocenters. The van der Waals surface area contributed by atoms with E-state index in [4.69, 9.17) is 17.3 Å². The molecule has 5 nitrogen and oxygen atoms in total. The molecule has 1 amide bonds. The second kappa shape index (κ2) is 4.39. The number of nitrogens with two attached hydrogens (primary N) is 1. The lowest BCUT2D eigenvalue weighted by molar-refractivity contribution is -0.375. The molecule has 0 aromatic carbocycles. The standard InChI is InChI=1S/C11H8ClN3O2/c12-9-3-2-8(5-14-9)15-6-7(11(13)17)1-4-10(15)16/h1-6H,(H2,13,17)/p+1. The fourth-order valence-electron chi connectivity index (χ4n) is 1.38. The van der Waals surface area contributed by atoms with Crippen LogP contribution >= 0.6 is 11.6 Å². The number of aromatic nitrogens is 2. The number of carbonyl (C=O) groups excluding carboxylic acids is 1. The third-order valence-electron chi connectivity index (χ3n) is 2.23. The van der Waals surface area contributed by atoms with E-state index in [2.05, 4.69) is 4.98 Å². The molecule has 2 aromatic heterocycles. The summed E-state index contributed by atoms with van der Waals surface area (Å²) in [6, 6.07) is 5.95. The van der Waals surface area contributed by atoms with E-state index in [1.165, 1.54) is 22.9 Å². The van der Waals surface area contributed by atoms with E-state index in [0.29, 0.717) is 10.8 Å². The summed E-state index contributed by atoms with van der Waals surface area (Å²) in [5, 5.41) is 0.452. The second-order valence-corrected chi connectivity index (χ2v) is 3.79. The molecule has 2 heterocycles. The van der Waals surface area contributed by atoms with E-state index in [9.17, 15) is 9.59 Å². The van der Waals surface area contributed by atoms with Crippen molar-refractivity contribution in [3.05, 3.63) is 57.7 Å². The number of hydrogen-bond acceptors (Lipinski definition) is 2.